The van der Waals surface area contributed by atoms with Gasteiger partial charge in [0.1, 0.15) is 5.69 Å². The maximum atomic E-state index is 12.5. The van der Waals surface area contributed by atoms with Crippen molar-refractivity contribution in [1.82, 2.24) is 15.1 Å². The van der Waals surface area contributed by atoms with E-state index in [4.69, 9.17) is 0 Å². The molecular formula is C19H28N4O2. The Bertz CT molecular complexity index is 705. The van der Waals surface area contributed by atoms with E-state index < -0.39 is 0 Å². The smallest absolute Gasteiger partial charge is 0.269 e. The number of aliphatic hydroxyl groups excluding tert-OH is 1. The van der Waals surface area contributed by atoms with Crippen molar-refractivity contribution < 1.29 is 9.90 Å². The molecule has 1 aromatic heterocycles. The van der Waals surface area contributed by atoms with Gasteiger partial charge in [-0.1, -0.05) is 26.0 Å². The quantitative estimate of drug-likeness (QED) is 0.805. The number of benzene rings is 1. The number of carbonyl (C=O) groups is 1. The van der Waals surface area contributed by atoms with Crippen LogP contribution >= 0.6 is 0 Å². The van der Waals surface area contributed by atoms with E-state index in [-0.39, 0.29) is 24.5 Å². The minimum absolute atomic E-state index is 0.115. The van der Waals surface area contributed by atoms with Gasteiger partial charge in [-0.3, -0.25) is 9.48 Å². The molecule has 1 atom stereocenters. The van der Waals surface area contributed by atoms with Crippen LogP contribution in [0, 0.1) is 0 Å². The summed E-state index contributed by atoms with van der Waals surface area (Å²) in [5, 5.41) is 16.9. The first-order valence-electron chi connectivity index (χ1n) is 8.53. The highest BCUT2D eigenvalue weighted by Gasteiger charge is 2.18. The summed E-state index contributed by atoms with van der Waals surface area (Å²) in [5.41, 5.74) is 3.57. The van der Waals surface area contributed by atoms with Gasteiger partial charge in [-0.05, 0) is 36.1 Å². The van der Waals surface area contributed by atoms with E-state index in [2.05, 4.69) is 10.4 Å². The molecule has 1 amide bonds. The minimum Gasteiger partial charge on any atom is -0.394 e. The molecule has 1 aromatic carbocycles. The van der Waals surface area contributed by atoms with Gasteiger partial charge in [0, 0.05) is 26.8 Å². The Morgan fingerprint density at radius 3 is 2.40 bits per heavy atom. The number of aliphatic hydroxyl groups is 1. The highest BCUT2D eigenvalue weighted by atomic mass is 16.3. The summed E-state index contributed by atoms with van der Waals surface area (Å²) in [6, 6.07) is 9.56. The Morgan fingerprint density at radius 1 is 1.28 bits per heavy atom. The van der Waals surface area contributed by atoms with Crippen LogP contribution in [0.25, 0.3) is 0 Å². The van der Waals surface area contributed by atoms with Gasteiger partial charge in [-0.2, -0.15) is 5.10 Å². The highest BCUT2D eigenvalue weighted by Crippen LogP contribution is 2.15. The predicted octanol–water partition coefficient (Wildman–Crippen LogP) is 1.94. The Labute approximate surface area is 149 Å². The van der Waals surface area contributed by atoms with E-state index in [1.165, 1.54) is 0 Å². The van der Waals surface area contributed by atoms with Crippen molar-refractivity contribution in [2.45, 2.75) is 32.2 Å². The van der Waals surface area contributed by atoms with Crippen LogP contribution in [0.5, 0.6) is 0 Å². The van der Waals surface area contributed by atoms with Gasteiger partial charge in [0.05, 0.1) is 18.3 Å². The lowest BCUT2D eigenvalue weighted by Gasteiger charge is -2.17. The molecule has 0 aliphatic heterocycles. The third kappa shape index (κ3) is 4.82. The summed E-state index contributed by atoms with van der Waals surface area (Å²) < 4.78 is 1.59. The molecule has 6 nitrogen and oxygen atoms in total. The maximum Gasteiger partial charge on any atom is 0.269 e. The average Bonchev–Trinajstić information content (AvgIpc) is 2.97. The van der Waals surface area contributed by atoms with Crippen molar-refractivity contribution >= 4 is 11.6 Å². The van der Waals surface area contributed by atoms with Crippen molar-refractivity contribution in [3.8, 4) is 0 Å². The van der Waals surface area contributed by atoms with E-state index in [1.807, 2.05) is 57.1 Å². The fourth-order valence-electron chi connectivity index (χ4n) is 2.62. The molecule has 0 saturated heterocycles. The molecule has 0 saturated carbocycles. The van der Waals surface area contributed by atoms with Gasteiger partial charge in [0.25, 0.3) is 5.91 Å². The number of hydrogen-bond donors (Lipinski definition) is 2. The fraction of sp³-hybridized carbons (Fsp3) is 0.474. The zero-order valence-electron chi connectivity index (χ0n) is 15.7. The van der Waals surface area contributed by atoms with Crippen LogP contribution < -0.4 is 10.2 Å². The molecule has 0 radical (unpaired) electrons. The van der Waals surface area contributed by atoms with Gasteiger partial charge in [0.15, 0.2) is 0 Å². The summed E-state index contributed by atoms with van der Waals surface area (Å²) >= 11 is 0. The molecule has 0 spiro atoms. The third-order valence-electron chi connectivity index (χ3n) is 4.21. The molecule has 25 heavy (non-hydrogen) atoms. The number of nitrogens with zero attached hydrogens (tertiary/aromatic N) is 3. The van der Waals surface area contributed by atoms with Gasteiger partial charge < -0.3 is 15.3 Å². The second-order valence-electron chi connectivity index (χ2n) is 6.85. The summed E-state index contributed by atoms with van der Waals surface area (Å²) in [6.07, 6.45) is 0.574. The topological polar surface area (TPSA) is 70.4 Å². The number of rotatable bonds is 7. The van der Waals surface area contributed by atoms with Crippen molar-refractivity contribution in [2.24, 2.45) is 7.05 Å². The Balaban J connectivity index is 2.04. The standard InChI is InChI=1S/C19H28N4O2/c1-13(2)17-11-18(23(5)21-17)19(25)20-15(12-24)10-14-6-8-16(9-7-14)22(3)4/h6-9,11,13,15,24H,10,12H2,1-5H3,(H,20,25)/t15-/m1/s1. The Kier molecular flexibility index (Phi) is 6.20. The van der Waals surface area contributed by atoms with Crippen LogP contribution in [0.1, 0.15) is 41.5 Å². The molecular weight excluding hydrogens is 316 g/mol. The number of carbonyl (C=O) groups excluding carboxylic acids is 1. The van der Waals surface area contributed by atoms with Gasteiger partial charge in [-0.25, -0.2) is 0 Å². The second-order valence-corrected chi connectivity index (χ2v) is 6.85. The van der Waals surface area contributed by atoms with Crippen LogP contribution in [-0.4, -0.2) is 47.5 Å². The summed E-state index contributed by atoms with van der Waals surface area (Å²) in [7, 11) is 5.74. The zero-order chi connectivity index (χ0) is 18.6. The molecule has 2 rings (SSSR count). The van der Waals surface area contributed by atoms with Crippen LogP contribution in [0.2, 0.25) is 0 Å². The first-order valence-corrected chi connectivity index (χ1v) is 8.53. The van der Waals surface area contributed by atoms with Crippen molar-refractivity contribution in [2.75, 3.05) is 25.6 Å². The molecule has 6 heteroatoms. The second kappa shape index (κ2) is 8.16. The normalized spacial score (nSPS) is 12.3. The number of hydrogen-bond acceptors (Lipinski definition) is 4. The lowest BCUT2D eigenvalue weighted by molar-refractivity contribution is 0.0907. The van der Waals surface area contributed by atoms with E-state index in [0.29, 0.717) is 12.1 Å². The maximum absolute atomic E-state index is 12.5. The van der Waals surface area contributed by atoms with E-state index in [1.54, 1.807) is 17.8 Å². The van der Waals surface area contributed by atoms with Crippen molar-refractivity contribution in [3.05, 3.63) is 47.3 Å². The van der Waals surface area contributed by atoms with E-state index in [9.17, 15) is 9.90 Å². The number of aromatic nitrogens is 2. The molecule has 0 aliphatic carbocycles. The van der Waals surface area contributed by atoms with Gasteiger partial charge >= 0.3 is 0 Å². The van der Waals surface area contributed by atoms with Gasteiger partial charge in [-0.15, -0.1) is 0 Å². The van der Waals surface area contributed by atoms with Crippen LogP contribution in [0.15, 0.2) is 30.3 Å². The molecule has 2 aromatic rings. The summed E-state index contributed by atoms with van der Waals surface area (Å²) in [6.45, 7) is 3.96. The zero-order valence-corrected chi connectivity index (χ0v) is 15.7. The predicted molar refractivity (Wildman–Crippen MR) is 100 cm³/mol. The van der Waals surface area contributed by atoms with Crippen LogP contribution in [-0.2, 0) is 13.5 Å². The van der Waals surface area contributed by atoms with E-state index >= 15 is 0 Å². The number of aryl methyl sites for hydroxylation is 1. The van der Waals surface area contributed by atoms with Crippen molar-refractivity contribution in [1.29, 1.82) is 0 Å². The lowest BCUT2D eigenvalue weighted by atomic mass is 10.1. The molecule has 0 aliphatic rings. The first kappa shape index (κ1) is 19.0. The van der Waals surface area contributed by atoms with Gasteiger partial charge in [0.2, 0.25) is 0 Å². The molecule has 1 heterocycles. The monoisotopic (exact) mass is 344 g/mol. The molecule has 136 valence electrons. The average molecular weight is 344 g/mol. The Morgan fingerprint density at radius 2 is 1.92 bits per heavy atom. The van der Waals surface area contributed by atoms with Crippen molar-refractivity contribution in [3.63, 3.8) is 0 Å². The molecule has 0 fully saturated rings. The van der Waals surface area contributed by atoms with Crippen LogP contribution in [0.4, 0.5) is 5.69 Å². The molecule has 0 bridgehead atoms. The number of amides is 1. The Hall–Kier alpha value is -2.34. The SMILES string of the molecule is CC(C)c1cc(C(=O)N[C@@H](CO)Cc2ccc(N(C)C)cc2)n(C)n1. The number of nitrogens with one attached hydrogen (secondary N) is 1. The first-order chi connectivity index (χ1) is 11.8. The lowest BCUT2D eigenvalue weighted by Crippen LogP contribution is -2.39. The largest absolute Gasteiger partial charge is 0.394 e. The highest BCUT2D eigenvalue weighted by molar-refractivity contribution is 5.92. The van der Waals surface area contributed by atoms with Crippen LogP contribution in [0.3, 0.4) is 0 Å². The molecule has 0 unspecified atom stereocenters. The summed E-state index contributed by atoms with van der Waals surface area (Å²) in [4.78, 5) is 14.5. The minimum atomic E-state index is -0.338. The summed E-state index contributed by atoms with van der Waals surface area (Å²) in [5.74, 6) is 0.0439. The number of anilines is 1. The fourth-order valence-corrected chi connectivity index (χ4v) is 2.62. The third-order valence-corrected chi connectivity index (χ3v) is 4.21. The van der Waals surface area contributed by atoms with E-state index in [0.717, 1.165) is 16.9 Å². The molecule has 2 N–H and O–H groups in total.